The molecule has 2 aliphatic heterocycles. The molecule has 1 amide bonds. The first kappa shape index (κ1) is 25.8. The second-order valence-electron chi connectivity index (χ2n) is 10.4. The van der Waals surface area contributed by atoms with Crippen LogP contribution < -0.4 is 14.8 Å². The third kappa shape index (κ3) is 4.99. The number of benzene rings is 3. The fourth-order valence-electron chi connectivity index (χ4n) is 5.81. The number of fused-ring (bicyclic) bond motifs is 1. The van der Waals surface area contributed by atoms with E-state index in [0.29, 0.717) is 18.3 Å². The van der Waals surface area contributed by atoms with Crippen molar-refractivity contribution in [1.82, 2.24) is 10.2 Å². The van der Waals surface area contributed by atoms with Gasteiger partial charge >= 0.3 is 0 Å². The lowest BCUT2D eigenvalue weighted by molar-refractivity contribution is -0.149. The molecule has 1 N–H and O–H groups in total. The fourth-order valence-corrected chi connectivity index (χ4v) is 5.81. The number of hydrogen-bond donors (Lipinski definition) is 1. The number of likely N-dealkylation sites (tertiary alicyclic amines) is 1. The normalized spacial score (nSPS) is 17.5. The molecule has 0 spiro atoms. The molecule has 38 heavy (non-hydrogen) atoms. The summed E-state index contributed by atoms with van der Waals surface area (Å²) in [5, 5.41) is 3.12. The summed E-state index contributed by atoms with van der Waals surface area (Å²) in [5.41, 5.74) is 4.35. The van der Waals surface area contributed by atoms with E-state index in [1.54, 1.807) is 0 Å². The Morgan fingerprint density at radius 3 is 2.18 bits per heavy atom. The number of ether oxygens (including phenoxy) is 2. The van der Waals surface area contributed by atoms with Crippen molar-refractivity contribution in [1.29, 1.82) is 0 Å². The first-order valence-corrected chi connectivity index (χ1v) is 13.4. The Morgan fingerprint density at radius 1 is 1.00 bits per heavy atom. The fraction of sp³-hybridized carbons (Fsp3) is 0.375. The van der Waals surface area contributed by atoms with Crippen LogP contribution in [0.25, 0.3) is 4.85 Å². The monoisotopic (exact) mass is 509 g/mol. The third-order valence-electron chi connectivity index (χ3n) is 8.02. The summed E-state index contributed by atoms with van der Waals surface area (Å²) in [6.07, 6.45) is 2.75. The molecular formula is C32H35N3O3. The molecule has 0 aliphatic carbocycles. The van der Waals surface area contributed by atoms with Gasteiger partial charge in [-0.3, -0.25) is 4.79 Å². The van der Waals surface area contributed by atoms with Crippen molar-refractivity contribution in [3.63, 3.8) is 0 Å². The minimum absolute atomic E-state index is 0.00721. The van der Waals surface area contributed by atoms with Crippen molar-refractivity contribution in [2.45, 2.75) is 51.9 Å². The second kappa shape index (κ2) is 10.9. The lowest BCUT2D eigenvalue weighted by Gasteiger charge is -2.42. The summed E-state index contributed by atoms with van der Waals surface area (Å²) in [4.78, 5) is 18.8. The van der Waals surface area contributed by atoms with Crippen LogP contribution in [0.5, 0.6) is 11.5 Å². The van der Waals surface area contributed by atoms with Crippen molar-refractivity contribution in [3.05, 3.63) is 100 Å². The third-order valence-corrected chi connectivity index (χ3v) is 8.02. The van der Waals surface area contributed by atoms with Crippen LogP contribution in [0, 0.1) is 26.3 Å². The van der Waals surface area contributed by atoms with Crippen LogP contribution in [-0.2, 0) is 5.79 Å². The molecule has 0 bridgehead atoms. The summed E-state index contributed by atoms with van der Waals surface area (Å²) in [6.45, 7) is 16.0. The quantitative estimate of drug-likeness (QED) is 0.375. The Hall–Kier alpha value is -3.82. The van der Waals surface area contributed by atoms with Gasteiger partial charge in [-0.25, -0.2) is 4.85 Å². The molecule has 3 aromatic carbocycles. The molecule has 6 heteroatoms. The zero-order valence-electron chi connectivity index (χ0n) is 22.4. The highest BCUT2D eigenvalue weighted by Gasteiger charge is 2.50. The molecule has 0 saturated carbocycles. The largest absolute Gasteiger partial charge is 0.444 e. The highest BCUT2D eigenvalue weighted by atomic mass is 16.7. The summed E-state index contributed by atoms with van der Waals surface area (Å²) in [7, 11) is 0. The van der Waals surface area contributed by atoms with Crippen LogP contribution in [0.1, 0.15) is 53.2 Å². The van der Waals surface area contributed by atoms with Crippen molar-refractivity contribution in [2.75, 3.05) is 19.6 Å². The predicted octanol–water partition coefficient (Wildman–Crippen LogP) is 6.40. The lowest BCUT2D eigenvalue weighted by atomic mass is 9.83. The van der Waals surface area contributed by atoms with Crippen LogP contribution in [0.2, 0.25) is 0 Å². The number of carbonyl (C=O) groups excluding carboxylic acids is 1. The van der Waals surface area contributed by atoms with E-state index >= 15 is 0 Å². The Bertz CT molecular complexity index is 1290. The standard InChI is InChI=1S/C32H35N3O3/c1-22-8-7-9-23(2)30(22)31(36)34-19-16-24(3)35-20-17-26(18-21-35)32(25-12-14-27(33-4)15-13-25)37-28-10-5-6-11-29(28)38-32/h5-15,24,26H,16-21H2,1-3H3,(H,34,36). The van der Waals surface area contributed by atoms with Crippen molar-refractivity contribution in [3.8, 4) is 11.5 Å². The average Bonchev–Trinajstić information content (AvgIpc) is 3.34. The van der Waals surface area contributed by atoms with Gasteiger partial charge in [0.1, 0.15) is 0 Å². The molecule has 196 valence electrons. The first-order valence-electron chi connectivity index (χ1n) is 13.4. The van der Waals surface area contributed by atoms with Gasteiger partial charge in [-0.2, -0.15) is 0 Å². The molecule has 1 saturated heterocycles. The molecule has 1 atom stereocenters. The molecule has 0 aromatic heterocycles. The first-order chi connectivity index (χ1) is 18.4. The molecule has 5 rings (SSSR count). The van der Waals surface area contributed by atoms with E-state index in [-0.39, 0.29) is 11.8 Å². The molecule has 0 radical (unpaired) electrons. The van der Waals surface area contributed by atoms with Crippen molar-refractivity contribution < 1.29 is 14.3 Å². The minimum atomic E-state index is -0.890. The van der Waals surface area contributed by atoms with Crippen molar-refractivity contribution in [2.24, 2.45) is 5.92 Å². The van der Waals surface area contributed by atoms with Gasteiger partial charge in [0.05, 0.1) is 6.57 Å². The zero-order chi connectivity index (χ0) is 26.7. The number of piperidine rings is 1. The maximum atomic E-state index is 12.8. The van der Waals surface area contributed by atoms with E-state index in [0.717, 1.165) is 66.1 Å². The van der Waals surface area contributed by atoms with Gasteiger partial charge in [0, 0.05) is 29.6 Å². The van der Waals surface area contributed by atoms with E-state index in [1.165, 1.54) is 0 Å². The number of para-hydroxylation sites is 2. The number of hydrogen-bond acceptors (Lipinski definition) is 4. The molecule has 1 unspecified atom stereocenters. The van der Waals surface area contributed by atoms with Gasteiger partial charge in [0.25, 0.3) is 11.7 Å². The van der Waals surface area contributed by atoms with Gasteiger partial charge in [0.2, 0.25) is 0 Å². The number of nitrogens with one attached hydrogen (secondary N) is 1. The topological polar surface area (TPSA) is 55.2 Å². The summed E-state index contributed by atoms with van der Waals surface area (Å²) in [5.74, 6) is 0.807. The molecular weight excluding hydrogens is 474 g/mol. The molecule has 3 aromatic rings. The maximum absolute atomic E-state index is 12.8. The maximum Gasteiger partial charge on any atom is 0.281 e. The van der Waals surface area contributed by atoms with Crippen LogP contribution in [0.3, 0.4) is 0 Å². The number of amides is 1. The number of aryl methyl sites for hydroxylation is 2. The SMILES string of the molecule is [C-]#[N+]c1ccc(C2(C3CCN(C(C)CCNC(=O)c4c(C)cccc4C)CC3)Oc3ccccc3O2)cc1. The van der Waals surface area contributed by atoms with E-state index in [1.807, 2.05) is 80.6 Å². The minimum Gasteiger partial charge on any atom is -0.444 e. The van der Waals surface area contributed by atoms with Crippen LogP contribution in [0.4, 0.5) is 5.69 Å². The van der Waals surface area contributed by atoms with Gasteiger partial charge in [-0.1, -0.05) is 54.6 Å². The second-order valence-corrected chi connectivity index (χ2v) is 10.4. The Balaban J connectivity index is 1.21. The number of rotatable bonds is 7. The lowest BCUT2D eigenvalue weighted by Crippen LogP contribution is -2.50. The Labute approximate surface area is 225 Å². The van der Waals surface area contributed by atoms with E-state index < -0.39 is 5.79 Å². The number of nitrogens with zero attached hydrogens (tertiary/aromatic N) is 2. The molecule has 2 heterocycles. The molecule has 1 fully saturated rings. The van der Waals surface area contributed by atoms with Crippen LogP contribution in [0.15, 0.2) is 66.7 Å². The smallest absolute Gasteiger partial charge is 0.281 e. The zero-order valence-corrected chi connectivity index (χ0v) is 22.4. The van der Waals surface area contributed by atoms with E-state index in [4.69, 9.17) is 16.0 Å². The van der Waals surface area contributed by atoms with Crippen molar-refractivity contribution >= 4 is 11.6 Å². The Kier molecular flexibility index (Phi) is 7.40. The summed E-state index contributed by atoms with van der Waals surface area (Å²) >= 11 is 0. The average molecular weight is 510 g/mol. The molecule has 6 nitrogen and oxygen atoms in total. The van der Waals surface area contributed by atoms with Crippen LogP contribution >= 0.6 is 0 Å². The highest BCUT2D eigenvalue weighted by molar-refractivity contribution is 5.97. The summed E-state index contributed by atoms with van der Waals surface area (Å²) in [6, 6.07) is 21.7. The van der Waals surface area contributed by atoms with Gasteiger partial charge in [-0.05, 0) is 76.4 Å². The van der Waals surface area contributed by atoms with Gasteiger partial charge in [0.15, 0.2) is 17.2 Å². The van der Waals surface area contributed by atoms with E-state index in [9.17, 15) is 4.79 Å². The number of carbonyl (C=O) groups is 1. The van der Waals surface area contributed by atoms with Gasteiger partial charge in [-0.15, -0.1) is 0 Å². The predicted molar refractivity (Wildman–Crippen MR) is 149 cm³/mol. The van der Waals surface area contributed by atoms with Gasteiger partial charge < -0.3 is 19.7 Å². The Morgan fingerprint density at radius 2 is 1.61 bits per heavy atom. The highest BCUT2D eigenvalue weighted by Crippen LogP contribution is 2.50. The summed E-state index contributed by atoms with van der Waals surface area (Å²) < 4.78 is 13.2. The van der Waals surface area contributed by atoms with E-state index in [2.05, 4.69) is 22.0 Å². The molecule has 2 aliphatic rings. The van der Waals surface area contributed by atoms with Crippen LogP contribution in [-0.4, -0.2) is 36.5 Å².